The van der Waals surface area contributed by atoms with Crippen LogP contribution in [-0.2, 0) is 14.3 Å². The number of carbonyl (C=O) groups excluding carboxylic acids is 2. The first kappa shape index (κ1) is 11.6. The number of allylic oxidation sites excluding steroid dienone is 1. The predicted molar refractivity (Wildman–Crippen MR) is 47.7 cm³/mol. The molecule has 0 aliphatic carbocycles. The van der Waals surface area contributed by atoms with Crippen LogP contribution in [0.2, 0.25) is 0 Å². The highest BCUT2D eigenvalue weighted by Gasteiger charge is 2.10. The molecule has 0 aliphatic rings. The summed E-state index contributed by atoms with van der Waals surface area (Å²) in [5, 5.41) is 0. The van der Waals surface area contributed by atoms with Crippen LogP contribution in [0.5, 0.6) is 0 Å². The third-order valence-corrected chi connectivity index (χ3v) is 1.12. The smallest absolute Gasteiger partial charge is 0.357 e. The van der Waals surface area contributed by atoms with Crippen molar-refractivity contribution >= 4 is 12.0 Å². The first-order valence-electron chi connectivity index (χ1n) is 4.10. The Bertz CT molecular complexity index is 250. The van der Waals surface area contributed by atoms with Crippen LogP contribution < -0.4 is 0 Å². The number of ether oxygens (including phenoxy) is 1. The van der Waals surface area contributed by atoms with Crippen molar-refractivity contribution in [1.29, 1.82) is 0 Å². The highest BCUT2D eigenvalue weighted by Crippen LogP contribution is 2.03. The van der Waals surface area contributed by atoms with Gasteiger partial charge >= 0.3 is 5.97 Å². The lowest BCUT2D eigenvalue weighted by molar-refractivity contribution is -0.142. The zero-order chi connectivity index (χ0) is 10.3. The highest BCUT2D eigenvalue weighted by molar-refractivity contribution is 5.89. The van der Waals surface area contributed by atoms with Crippen molar-refractivity contribution in [2.75, 3.05) is 0 Å². The zero-order valence-corrected chi connectivity index (χ0v) is 8.03. The normalized spacial score (nSPS) is 10.9. The van der Waals surface area contributed by atoms with E-state index in [1.54, 1.807) is 13.8 Å². The summed E-state index contributed by atoms with van der Waals surface area (Å²) in [6.45, 7) is 5.29. The van der Waals surface area contributed by atoms with Gasteiger partial charge in [-0.25, -0.2) is 9.59 Å². The van der Waals surface area contributed by atoms with Gasteiger partial charge in [0.25, 0.3) is 0 Å². The Morgan fingerprint density at radius 3 is 2.62 bits per heavy atom. The van der Waals surface area contributed by atoms with Gasteiger partial charge in [-0.1, -0.05) is 13.0 Å². The van der Waals surface area contributed by atoms with Gasteiger partial charge in [-0.2, -0.15) is 4.99 Å². The summed E-state index contributed by atoms with van der Waals surface area (Å²) in [7, 11) is 0. The monoisotopic (exact) mass is 183 g/mol. The zero-order valence-electron chi connectivity index (χ0n) is 8.03. The van der Waals surface area contributed by atoms with Gasteiger partial charge in [0.05, 0.1) is 6.10 Å². The Hall–Kier alpha value is -1.41. The molecule has 0 fully saturated rings. The second kappa shape index (κ2) is 6.14. The van der Waals surface area contributed by atoms with Crippen LogP contribution in [0, 0.1) is 0 Å². The van der Waals surface area contributed by atoms with Crippen molar-refractivity contribution in [2.45, 2.75) is 33.3 Å². The molecule has 0 spiro atoms. The fraction of sp³-hybridized carbons (Fsp3) is 0.556. The number of carbonyl (C=O) groups is 1. The molecule has 0 saturated heterocycles. The van der Waals surface area contributed by atoms with Gasteiger partial charge in [0.15, 0.2) is 5.70 Å². The molecule has 0 aromatic carbocycles. The second-order valence-electron chi connectivity index (χ2n) is 2.65. The number of hydrogen-bond donors (Lipinski definition) is 0. The topological polar surface area (TPSA) is 55.7 Å². The van der Waals surface area contributed by atoms with Gasteiger partial charge < -0.3 is 4.74 Å². The molecule has 0 amide bonds. The number of esters is 1. The number of isocyanates is 1. The molecular formula is C9H13NO3. The van der Waals surface area contributed by atoms with E-state index in [2.05, 4.69) is 4.99 Å². The van der Waals surface area contributed by atoms with Crippen molar-refractivity contribution in [3.63, 3.8) is 0 Å². The first-order chi connectivity index (χ1) is 6.11. The van der Waals surface area contributed by atoms with E-state index in [-0.39, 0.29) is 11.8 Å². The van der Waals surface area contributed by atoms with Gasteiger partial charge in [0, 0.05) is 0 Å². The molecule has 0 aliphatic heterocycles. The third-order valence-electron chi connectivity index (χ3n) is 1.12. The molecule has 72 valence electrons. The summed E-state index contributed by atoms with van der Waals surface area (Å²) in [6.07, 6.45) is 3.24. The minimum absolute atomic E-state index is 0.0196. The largest absolute Gasteiger partial charge is 0.458 e. The molecule has 0 N–H and O–H groups in total. The first-order valence-corrected chi connectivity index (χ1v) is 4.10. The van der Waals surface area contributed by atoms with Gasteiger partial charge in [-0.3, -0.25) is 0 Å². The standard InChI is InChI=1S/C9H13NO3/c1-4-5-8(10-6-11)9(12)13-7(2)3/h5,7H,4H2,1-3H3/b8-5-. The molecule has 13 heavy (non-hydrogen) atoms. The molecular weight excluding hydrogens is 170 g/mol. The quantitative estimate of drug-likeness (QED) is 0.287. The number of aliphatic imine (C=N–C) groups is 1. The second-order valence-corrected chi connectivity index (χ2v) is 2.65. The van der Waals surface area contributed by atoms with Gasteiger partial charge in [0.2, 0.25) is 6.08 Å². The summed E-state index contributed by atoms with van der Waals surface area (Å²) in [5.41, 5.74) is 0.0196. The minimum Gasteiger partial charge on any atom is -0.458 e. The average Bonchev–Trinajstić information content (AvgIpc) is 2.02. The predicted octanol–water partition coefficient (Wildman–Crippen LogP) is 1.57. The Morgan fingerprint density at radius 2 is 2.23 bits per heavy atom. The fourth-order valence-electron chi connectivity index (χ4n) is 0.692. The van der Waals surface area contributed by atoms with E-state index in [0.717, 1.165) is 0 Å². The number of rotatable bonds is 4. The SMILES string of the molecule is CC/C=C(\N=C=O)C(=O)OC(C)C. The van der Waals surface area contributed by atoms with Crippen LogP contribution in [-0.4, -0.2) is 18.2 Å². The van der Waals surface area contributed by atoms with Gasteiger partial charge in [0.1, 0.15) is 0 Å². The molecule has 0 heterocycles. The maximum absolute atomic E-state index is 11.2. The summed E-state index contributed by atoms with van der Waals surface area (Å²) >= 11 is 0. The molecule has 0 bridgehead atoms. The maximum Gasteiger partial charge on any atom is 0.357 e. The lowest BCUT2D eigenvalue weighted by Gasteiger charge is -2.06. The van der Waals surface area contributed by atoms with Crippen LogP contribution in [0.3, 0.4) is 0 Å². The number of nitrogens with zero attached hydrogens (tertiary/aromatic N) is 1. The maximum atomic E-state index is 11.2. The van der Waals surface area contributed by atoms with E-state index in [1.807, 2.05) is 6.92 Å². The van der Waals surface area contributed by atoms with Crippen molar-refractivity contribution < 1.29 is 14.3 Å². The molecule has 0 saturated carbocycles. The van der Waals surface area contributed by atoms with Crippen molar-refractivity contribution in [3.8, 4) is 0 Å². The van der Waals surface area contributed by atoms with E-state index < -0.39 is 5.97 Å². The molecule has 0 aromatic rings. The van der Waals surface area contributed by atoms with Gasteiger partial charge in [-0.05, 0) is 20.3 Å². The van der Waals surface area contributed by atoms with E-state index >= 15 is 0 Å². The number of hydrogen-bond acceptors (Lipinski definition) is 4. The van der Waals surface area contributed by atoms with Crippen LogP contribution in [0.4, 0.5) is 0 Å². The van der Waals surface area contributed by atoms with E-state index in [9.17, 15) is 9.59 Å². The third kappa shape index (κ3) is 4.93. The van der Waals surface area contributed by atoms with E-state index in [0.29, 0.717) is 6.42 Å². The molecule has 0 unspecified atom stereocenters. The Kier molecular flexibility index (Phi) is 5.48. The van der Waals surface area contributed by atoms with Crippen molar-refractivity contribution in [1.82, 2.24) is 0 Å². The summed E-state index contributed by atoms with van der Waals surface area (Å²) in [5.74, 6) is -0.583. The summed E-state index contributed by atoms with van der Waals surface area (Å²) in [4.78, 5) is 24.4. The summed E-state index contributed by atoms with van der Waals surface area (Å²) in [6, 6.07) is 0. The van der Waals surface area contributed by atoms with Crippen LogP contribution in [0.15, 0.2) is 16.8 Å². The lowest BCUT2D eigenvalue weighted by atomic mass is 10.3. The molecule has 0 rings (SSSR count). The molecule has 4 heteroatoms. The van der Waals surface area contributed by atoms with E-state index in [1.165, 1.54) is 12.2 Å². The molecule has 4 nitrogen and oxygen atoms in total. The fourth-order valence-corrected chi connectivity index (χ4v) is 0.692. The van der Waals surface area contributed by atoms with Crippen LogP contribution >= 0.6 is 0 Å². The Morgan fingerprint density at radius 1 is 1.62 bits per heavy atom. The Labute approximate surface area is 77.3 Å². The van der Waals surface area contributed by atoms with E-state index in [4.69, 9.17) is 4.74 Å². The molecule has 0 radical (unpaired) electrons. The highest BCUT2D eigenvalue weighted by atomic mass is 16.5. The lowest BCUT2D eigenvalue weighted by Crippen LogP contribution is -2.12. The van der Waals surface area contributed by atoms with Crippen molar-refractivity contribution in [2.24, 2.45) is 4.99 Å². The van der Waals surface area contributed by atoms with Crippen molar-refractivity contribution in [3.05, 3.63) is 11.8 Å². The van der Waals surface area contributed by atoms with Gasteiger partial charge in [-0.15, -0.1) is 0 Å². The summed E-state index contributed by atoms with van der Waals surface area (Å²) < 4.78 is 4.84. The average molecular weight is 183 g/mol. The van der Waals surface area contributed by atoms with Crippen LogP contribution in [0.25, 0.3) is 0 Å². The molecule has 0 aromatic heterocycles. The molecule has 0 atom stereocenters. The Balaban J connectivity index is 4.47. The van der Waals surface area contributed by atoms with Crippen LogP contribution in [0.1, 0.15) is 27.2 Å². The minimum atomic E-state index is -0.583.